The van der Waals surface area contributed by atoms with Crippen molar-refractivity contribution in [1.29, 1.82) is 0 Å². The highest BCUT2D eigenvalue weighted by molar-refractivity contribution is 7.13. The monoisotopic (exact) mass is 432 g/mol. The zero-order chi connectivity index (χ0) is 21.2. The maximum Gasteiger partial charge on any atom is 0.244 e. The van der Waals surface area contributed by atoms with E-state index in [0.29, 0.717) is 0 Å². The fraction of sp³-hybridized carbons (Fsp3) is 0.304. The Morgan fingerprint density at radius 3 is 2.65 bits per heavy atom. The number of hydrogen-bond donors (Lipinski definition) is 0. The van der Waals surface area contributed by atoms with Crippen molar-refractivity contribution in [2.24, 2.45) is 0 Å². The van der Waals surface area contributed by atoms with E-state index in [-0.39, 0.29) is 12.5 Å². The fourth-order valence-electron chi connectivity index (χ4n) is 4.13. The molecule has 4 aromatic rings. The number of aromatic nitrogens is 4. The lowest BCUT2D eigenvalue weighted by Crippen LogP contribution is -2.49. The highest BCUT2D eigenvalue weighted by Gasteiger charge is 2.23. The SMILES string of the molecule is Cc1nn(CC(=O)N2CCN(Cc3ccccn3)CC2)c2nccc(-c3cccs3)c12. The third-order valence-corrected chi connectivity index (χ3v) is 6.62. The predicted molar refractivity (Wildman–Crippen MR) is 122 cm³/mol. The van der Waals surface area contributed by atoms with Crippen LogP contribution >= 0.6 is 11.3 Å². The molecule has 1 saturated heterocycles. The van der Waals surface area contributed by atoms with Crippen LogP contribution in [0, 0.1) is 6.92 Å². The Bertz CT molecular complexity index is 1180. The first-order chi connectivity index (χ1) is 15.2. The topological polar surface area (TPSA) is 67.2 Å². The van der Waals surface area contributed by atoms with Gasteiger partial charge in [0, 0.05) is 55.6 Å². The Balaban J connectivity index is 1.28. The van der Waals surface area contributed by atoms with Crippen molar-refractivity contribution in [1.82, 2.24) is 29.5 Å². The van der Waals surface area contributed by atoms with Gasteiger partial charge in [-0.1, -0.05) is 12.1 Å². The molecule has 0 radical (unpaired) electrons. The maximum absolute atomic E-state index is 13.0. The van der Waals surface area contributed by atoms with Gasteiger partial charge in [-0.15, -0.1) is 11.3 Å². The zero-order valence-electron chi connectivity index (χ0n) is 17.4. The van der Waals surface area contributed by atoms with Crippen LogP contribution in [0.5, 0.6) is 0 Å². The van der Waals surface area contributed by atoms with Crippen molar-refractivity contribution in [3.8, 4) is 10.4 Å². The molecule has 158 valence electrons. The Labute approximate surface area is 185 Å². The molecule has 0 spiro atoms. The summed E-state index contributed by atoms with van der Waals surface area (Å²) < 4.78 is 1.75. The lowest BCUT2D eigenvalue weighted by Gasteiger charge is -2.34. The lowest BCUT2D eigenvalue weighted by atomic mass is 10.1. The predicted octanol–water partition coefficient (Wildman–Crippen LogP) is 3.21. The summed E-state index contributed by atoms with van der Waals surface area (Å²) in [4.78, 5) is 27.4. The van der Waals surface area contributed by atoms with E-state index in [1.54, 1.807) is 22.2 Å². The average Bonchev–Trinajstić information content (AvgIpc) is 3.44. The summed E-state index contributed by atoms with van der Waals surface area (Å²) in [6.07, 6.45) is 3.62. The van der Waals surface area contributed by atoms with E-state index in [1.807, 2.05) is 48.4 Å². The molecule has 1 fully saturated rings. The molecule has 1 aliphatic rings. The Hall–Kier alpha value is -3.10. The third-order valence-electron chi connectivity index (χ3n) is 5.72. The van der Waals surface area contributed by atoms with Gasteiger partial charge in [-0.2, -0.15) is 5.10 Å². The number of carbonyl (C=O) groups excluding carboxylic acids is 1. The Morgan fingerprint density at radius 1 is 1.03 bits per heavy atom. The second kappa shape index (κ2) is 8.56. The zero-order valence-corrected chi connectivity index (χ0v) is 18.3. The van der Waals surface area contributed by atoms with Gasteiger partial charge in [0.2, 0.25) is 5.91 Å². The van der Waals surface area contributed by atoms with E-state index >= 15 is 0 Å². The molecule has 31 heavy (non-hydrogen) atoms. The van der Waals surface area contributed by atoms with Crippen molar-refractivity contribution >= 4 is 28.3 Å². The number of carbonyl (C=O) groups is 1. The highest BCUT2D eigenvalue weighted by atomic mass is 32.1. The van der Waals surface area contributed by atoms with Crippen molar-refractivity contribution in [2.45, 2.75) is 20.0 Å². The number of hydrogen-bond acceptors (Lipinski definition) is 6. The standard InChI is InChI=1S/C23H24N6OS/c1-17-22-19(20-6-4-14-31-20)7-9-25-23(22)29(26-17)16-21(30)28-12-10-27(11-13-28)15-18-5-2-3-8-24-18/h2-9,14H,10-13,15-16H2,1H3. The molecule has 0 aromatic carbocycles. The molecule has 0 unspecified atom stereocenters. The summed E-state index contributed by atoms with van der Waals surface area (Å²) in [6.45, 7) is 6.16. The first-order valence-electron chi connectivity index (χ1n) is 10.4. The van der Waals surface area contributed by atoms with Crippen LogP contribution in [0.15, 0.2) is 54.2 Å². The summed E-state index contributed by atoms with van der Waals surface area (Å²) in [5, 5.41) is 7.75. The fourth-order valence-corrected chi connectivity index (χ4v) is 4.89. The first-order valence-corrected chi connectivity index (χ1v) is 11.3. The lowest BCUT2D eigenvalue weighted by molar-refractivity contribution is -0.133. The molecule has 5 heterocycles. The number of piperazine rings is 1. The molecule has 5 rings (SSSR count). The van der Waals surface area contributed by atoms with E-state index in [2.05, 4.69) is 31.4 Å². The van der Waals surface area contributed by atoms with E-state index < -0.39 is 0 Å². The molecule has 7 nitrogen and oxygen atoms in total. The van der Waals surface area contributed by atoms with Crippen molar-refractivity contribution in [3.63, 3.8) is 0 Å². The van der Waals surface area contributed by atoms with Gasteiger partial charge in [0.05, 0.1) is 16.8 Å². The van der Waals surface area contributed by atoms with Crippen LogP contribution in [0.2, 0.25) is 0 Å². The summed E-state index contributed by atoms with van der Waals surface area (Å²) in [6, 6.07) is 12.2. The van der Waals surface area contributed by atoms with Crippen molar-refractivity contribution in [3.05, 3.63) is 65.6 Å². The van der Waals surface area contributed by atoms with Crippen LogP contribution in [-0.2, 0) is 17.9 Å². The van der Waals surface area contributed by atoms with Crippen LogP contribution in [0.25, 0.3) is 21.5 Å². The largest absolute Gasteiger partial charge is 0.339 e. The number of nitrogens with zero attached hydrogens (tertiary/aromatic N) is 6. The molecule has 8 heteroatoms. The van der Waals surface area contributed by atoms with E-state index in [4.69, 9.17) is 0 Å². The van der Waals surface area contributed by atoms with Gasteiger partial charge in [-0.25, -0.2) is 9.67 Å². The molecular weight excluding hydrogens is 408 g/mol. The van der Waals surface area contributed by atoms with E-state index in [1.165, 1.54) is 4.88 Å². The second-order valence-corrected chi connectivity index (χ2v) is 8.70. The molecule has 1 amide bonds. The van der Waals surface area contributed by atoms with Gasteiger partial charge >= 0.3 is 0 Å². The summed E-state index contributed by atoms with van der Waals surface area (Å²) in [7, 11) is 0. The summed E-state index contributed by atoms with van der Waals surface area (Å²) in [5.74, 6) is 0.0882. The Morgan fingerprint density at radius 2 is 1.90 bits per heavy atom. The van der Waals surface area contributed by atoms with Crippen molar-refractivity contribution < 1.29 is 4.79 Å². The Kier molecular flexibility index (Phi) is 5.48. The van der Waals surface area contributed by atoms with Crippen LogP contribution in [0.3, 0.4) is 0 Å². The molecule has 1 aliphatic heterocycles. The van der Waals surface area contributed by atoms with Gasteiger partial charge < -0.3 is 4.90 Å². The minimum absolute atomic E-state index is 0.0882. The third kappa shape index (κ3) is 4.08. The quantitative estimate of drug-likeness (QED) is 0.484. The van der Waals surface area contributed by atoms with Crippen molar-refractivity contribution in [2.75, 3.05) is 26.2 Å². The molecule has 0 bridgehead atoms. The highest BCUT2D eigenvalue weighted by Crippen LogP contribution is 2.32. The van der Waals surface area contributed by atoms with Crippen LogP contribution in [0.1, 0.15) is 11.4 Å². The van der Waals surface area contributed by atoms with Crippen LogP contribution in [0.4, 0.5) is 0 Å². The van der Waals surface area contributed by atoms with Gasteiger partial charge in [0.25, 0.3) is 0 Å². The second-order valence-electron chi connectivity index (χ2n) is 7.76. The first kappa shape index (κ1) is 19.8. The molecule has 0 aliphatic carbocycles. The number of pyridine rings is 2. The minimum Gasteiger partial charge on any atom is -0.339 e. The summed E-state index contributed by atoms with van der Waals surface area (Å²) in [5.41, 5.74) is 3.86. The molecule has 0 N–H and O–H groups in total. The molecular formula is C23H24N6OS. The molecule has 4 aromatic heterocycles. The van der Waals surface area contributed by atoms with Crippen LogP contribution < -0.4 is 0 Å². The maximum atomic E-state index is 13.0. The minimum atomic E-state index is 0.0882. The molecule has 0 atom stereocenters. The van der Waals surface area contributed by atoms with Crippen LogP contribution in [-0.4, -0.2) is 61.6 Å². The molecule has 0 saturated carbocycles. The number of aryl methyl sites for hydroxylation is 1. The summed E-state index contributed by atoms with van der Waals surface area (Å²) >= 11 is 1.70. The van der Waals surface area contributed by atoms with Gasteiger partial charge in [-0.3, -0.25) is 14.7 Å². The number of thiophene rings is 1. The number of rotatable bonds is 5. The van der Waals surface area contributed by atoms with Gasteiger partial charge in [-0.05, 0) is 36.6 Å². The average molecular weight is 433 g/mol. The van der Waals surface area contributed by atoms with Gasteiger partial charge in [0.1, 0.15) is 6.54 Å². The smallest absolute Gasteiger partial charge is 0.244 e. The van der Waals surface area contributed by atoms with E-state index in [0.717, 1.165) is 60.7 Å². The normalized spacial score (nSPS) is 14.9. The number of amides is 1. The van der Waals surface area contributed by atoms with E-state index in [9.17, 15) is 4.79 Å². The number of fused-ring (bicyclic) bond motifs is 1. The van der Waals surface area contributed by atoms with Gasteiger partial charge in [0.15, 0.2) is 5.65 Å².